The Morgan fingerprint density at radius 3 is 2.93 bits per heavy atom. The molecule has 4 heterocycles. The summed E-state index contributed by atoms with van der Waals surface area (Å²) >= 11 is 6.56. The first kappa shape index (κ1) is 19.4. The van der Waals surface area contributed by atoms with Crippen molar-refractivity contribution in [3.63, 3.8) is 0 Å². The Morgan fingerprint density at radius 1 is 1.20 bits per heavy atom. The molecule has 0 spiro atoms. The Labute approximate surface area is 189 Å². The number of imidazole rings is 1. The number of ether oxygens (including phenoxy) is 2. The van der Waals surface area contributed by atoms with E-state index in [1.807, 2.05) is 28.8 Å². The molecule has 2 aromatic rings. The molecule has 0 amide bonds. The minimum absolute atomic E-state index is 0.361. The molecule has 0 fully saturated rings. The highest BCUT2D eigenvalue weighted by Gasteiger charge is 2.26. The maximum Gasteiger partial charge on any atom is 0.268 e. The van der Waals surface area contributed by atoms with E-state index < -0.39 is 6.29 Å². The monoisotopic (exact) mass is 501 g/mol. The molecule has 10 heteroatoms. The lowest BCUT2D eigenvalue weighted by Crippen LogP contribution is -2.09. The van der Waals surface area contributed by atoms with Crippen LogP contribution in [0.25, 0.3) is 11.5 Å². The van der Waals surface area contributed by atoms with Gasteiger partial charge in [0.05, 0.1) is 6.33 Å². The smallest absolute Gasteiger partial charge is 0.268 e. The van der Waals surface area contributed by atoms with Gasteiger partial charge in [-0.15, -0.1) is 11.3 Å². The molecule has 1 aromatic carbocycles. The fourth-order valence-electron chi connectivity index (χ4n) is 3.05. The summed E-state index contributed by atoms with van der Waals surface area (Å²) in [5, 5.41) is 3.20. The first-order chi connectivity index (χ1) is 14.7. The number of aromatic nitrogens is 4. The van der Waals surface area contributed by atoms with Crippen molar-refractivity contribution in [3.05, 3.63) is 74.4 Å². The third-order valence-electron chi connectivity index (χ3n) is 4.51. The minimum atomic E-state index is -0.505. The lowest BCUT2D eigenvalue weighted by molar-refractivity contribution is -0.0278. The summed E-state index contributed by atoms with van der Waals surface area (Å²) in [6, 6.07) is 12.0. The quantitative estimate of drug-likeness (QED) is 0.394. The number of hydrogen-bond acceptors (Lipinski definition) is 8. The van der Waals surface area contributed by atoms with Crippen LogP contribution >= 0.6 is 39.0 Å². The molecule has 1 unspecified atom stereocenters. The number of thiophene rings is 1. The van der Waals surface area contributed by atoms with Gasteiger partial charge < -0.3 is 19.8 Å². The van der Waals surface area contributed by atoms with Crippen LogP contribution in [0.4, 0.5) is 5.82 Å². The van der Waals surface area contributed by atoms with Crippen LogP contribution < -0.4 is 5.73 Å². The van der Waals surface area contributed by atoms with E-state index in [1.54, 1.807) is 23.9 Å². The summed E-state index contributed by atoms with van der Waals surface area (Å²) in [5.41, 5.74) is 7.55. The Balaban J connectivity index is 1.33. The van der Waals surface area contributed by atoms with Gasteiger partial charge in [-0.1, -0.05) is 40.2 Å². The number of hydrogen-bond donors (Lipinski definition) is 1. The molecule has 0 aliphatic carbocycles. The van der Waals surface area contributed by atoms with E-state index in [9.17, 15) is 0 Å². The molecular formula is C20H16BrN5O2S2. The molecule has 5 rings (SSSR count). The SMILES string of the molecule is Nc1ncn(CCc2cccs2)c2nc(SC3=COC(c4ccccc4Br)O3)nc1-2. The second kappa shape index (κ2) is 8.29. The average molecular weight is 502 g/mol. The molecular weight excluding hydrogens is 486 g/mol. The van der Waals surface area contributed by atoms with Crippen LogP contribution in [0.1, 0.15) is 16.7 Å². The number of nitrogens with two attached hydrogens (primary N) is 1. The van der Waals surface area contributed by atoms with Crippen LogP contribution in [-0.2, 0) is 22.4 Å². The highest BCUT2D eigenvalue weighted by molar-refractivity contribution is 9.10. The third-order valence-corrected chi connectivity index (χ3v) is 6.93. The molecule has 152 valence electrons. The van der Waals surface area contributed by atoms with Crippen LogP contribution in [0.2, 0.25) is 0 Å². The van der Waals surface area contributed by atoms with E-state index >= 15 is 0 Å². The number of aryl methyl sites for hydroxylation is 2. The number of fused-ring (bicyclic) bond motifs is 1. The van der Waals surface area contributed by atoms with Crippen molar-refractivity contribution in [1.29, 1.82) is 0 Å². The molecule has 0 bridgehead atoms. The van der Waals surface area contributed by atoms with Crippen molar-refractivity contribution in [3.8, 4) is 11.5 Å². The number of nitrogen functional groups attached to an aromatic ring is 1. The van der Waals surface area contributed by atoms with E-state index in [0.29, 0.717) is 27.6 Å². The maximum atomic E-state index is 6.04. The average Bonchev–Trinajstić information content (AvgIpc) is 3.49. The van der Waals surface area contributed by atoms with E-state index in [1.165, 1.54) is 16.6 Å². The van der Waals surface area contributed by atoms with Crippen LogP contribution in [0.15, 0.2) is 69.1 Å². The number of rotatable bonds is 6. The zero-order valence-electron chi connectivity index (χ0n) is 15.6. The minimum Gasteiger partial charge on any atom is -0.454 e. The molecule has 1 aromatic heterocycles. The highest BCUT2D eigenvalue weighted by atomic mass is 79.9. The summed E-state index contributed by atoms with van der Waals surface area (Å²) in [4.78, 5) is 14.8. The van der Waals surface area contributed by atoms with E-state index in [-0.39, 0.29) is 0 Å². The second-order valence-corrected chi connectivity index (χ2v) is 9.34. The topological polar surface area (TPSA) is 88.1 Å². The number of halogens is 1. The molecule has 0 radical (unpaired) electrons. The van der Waals surface area contributed by atoms with E-state index in [2.05, 4.69) is 48.4 Å². The Bertz CT molecular complexity index is 1180. The Morgan fingerprint density at radius 2 is 2.10 bits per heavy atom. The summed E-state index contributed by atoms with van der Waals surface area (Å²) in [6.45, 7) is 0.750. The zero-order valence-corrected chi connectivity index (χ0v) is 18.8. The van der Waals surface area contributed by atoms with E-state index in [4.69, 9.17) is 15.2 Å². The number of anilines is 1. The zero-order chi connectivity index (χ0) is 20.5. The van der Waals surface area contributed by atoms with Crippen LogP contribution in [-0.4, -0.2) is 19.5 Å². The predicted octanol–water partition coefficient (Wildman–Crippen LogP) is 5.06. The van der Waals surface area contributed by atoms with Crippen molar-refractivity contribution in [2.75, 3.05) is 5.73 Å². The van der Waals surface area contributed by atoms with Gasteiger partial charge in [0, 0.05) is 21.5 Å². The molecule has 1 atom stereocenters. The summed E-state index contributed by atoms with van der Waals surface area (Å²) in [5.74, 6) is 1.07. The predicted molar refractivity (Wildman–Crippen MR) is 120 cm³/mol. The van der Waals surface area contributed by atoms with Crippen molar-refractivity contribution < 1.29 is 9.47 Å². The third kappa shape index (κ3) is 3.90. The van der Waals surface area contributed by atoms with Crippen molar-refractivity contribution in [2.45, 2.75) is 24.4 Å². The van der Waals surface area contributed by atoms with E-state index in [0.717, 1.165) is 23.0 Å². The molecule has 2 N–H and O–H groups in total. The lowest BCUT2D eigenvalue weighted by atomic mass is 10.2. The molecule has 0 saturated carbocycles. The summed E-state index contributed by atoms with van der Waals surface area (Å²) < 4.78 is 14.5. The molecule has 0 saturated heterocycles. The first-order valence-electron chi connectivity index (χ1n) is 9.12. The standard InChI is InChI=1S/C20H16BrN5O2S2/c21-14-6-2-1-5-13(14)19-27-10-15(28-19)30-20-24-16-17(22)23-11-26(18(16)25-20)8-7-12-4-3-9-29-12/h1-6,9-11,19H,7-8,22H2. The van der Waals surface area contributed by atoms with Gasteiger partial charge in [-0.05, 0) is 35.7 Å². The fourth-order valence-corrected chi connectivity index (χ4v) is 4.91. The number of nitrogens with zero attached hydrogens (tertiary/aromatic N) is 4. The van der Waals surface area contributed by atoms with Gasteiger partial charge in [-0.3, -0.25) is 0 Å². The molecule has 3 aliphatic heterocycles. The first-order valence-corrected chi connectivity index (χ1v) is 11.6. The number of benzene rings is 1. The fraction of sp³-hybridized carbons (Fsp3) is 0.150. The van der Waals surface area contributed by atoms with Gasteiger partial charge in [0.25, 0.3) is 6.29 Å². The highest BCUT2D eigenvalue weighted by Crippen LogP contribution is 2.40. The van der Waals surface area contributed by atoms with Gasteiger partial charge in [0.1, 0.15) is 6.26 Å². The lowest BCUT2D eigenvalue weighted by Gasteiger charge is -2.12. The van der Waals surface area contributed by atoms with Crippen LogP contribution in [0, 0.1) is 0 Å². The molecule has 30 heavy (non-hydrogen) atoms. The van der Waals surface area contributed by atoms with Crippen molar-refractivity contribution in [1.82, 2.24) is 19.5 Å². The second-order valence-electron chi connectivity index (χ2n) is 6.48. The van der Waals surface area contributed by atoms with Gasteiger partial charge >= 0.3 is 0 Å². The van der Waals surface area contributed by atoms with Crippen molar-refractivity contribution >= 4 is 44.8 Å². The van der Waals surface area contributed by atoms with Gasteiger partial charge in [0.2, 0.25) is 5.09 Å². The van der Waals surface area contributed by atoms with Crippen LogP contribution in [0.5, 0.6) is 0 Å². The Kier molecular flexibility index (Phi) is 5.36. The Hall–Kier alpha value is -2.56. The largest absolute Gasteiger partial charge is 0.454 e. The summed E-state index contributed by atoms with van der Waals surface area (Å²) in [6.07, 6.45) is 3.69. The summed E-state index contributed by atoms with van der Waals surface area (Å²) in [7, 11) is 0. The van der Waals surface area contributed by atoms with Gasteiger partial charge in [-0.2, -0.15) is 0 Å². The normalized spacial score (nSPS) is 15.8. The molecule has 7 nitrogen and oxygen atoms in total. The van der Waals surface area contributed by atoms with Crippen molar-refractivity contribution in [2.24, 2.45) is 0 Å². The number of thioether (sulfide) groups is 1. The van der Waals surface area contributed by atoms with Gasteiger partial charge in [0.15, 0.2) is 22.5 Å². The van der Waals surface area contributed by atoms with Crippen LogP contribution in [0.3, 0.4) is 0 Å². The molecule has 3 aliphatic rings. The van der Waals surface area contributed by atoms with Gasteiger partial charge in [-0.25, -0.2) is 15.0 Å². The maximum absolute atomic E-state index is 6.04.